The molecule has 38 heavy (non-hydrogen) atoms. The van der Waals surface area contributed by atoms with Crippen molar-refractivity contribution < 1.29 is 14.3 Å². The van der Waals surface area contributed by atoms with Gasteiger partial charge in [0.25, 0.3) is 5.91 Å². The van der Waals surface area contributed by atoms with Crippen LogP contribution in [0.15, 0.2) is 66.7 Å². The number of hydrogen-bond donors (Lipinski definition) is 1. The zero-order valence-electron chi connectivity index (χ0n) is 22.2. The molecule has 0 unspecified atom stereocenters. The molecule has 0 aliphatic heterocycles. The Labute approximate surface area is 229 Å². The van der Waals surface area contributed by atoms with E-state index in [0.717, 1.165) is 77.4 Å². The van der Waals surface area contributed by atoms with Gasteiger partial charge in [0.05, 0.1) is 17.6 Å². The van der Waals surface area contributed by atoms with Gasteiger partial charge in [0.2, 0.25) is 0 Å². The number of unbranched alkanes of at least 4 members (excludes halogenated alkanes) is 2. The van der Waals surface area contributed by atoms with Crippen LogP contribution >= 0.6 is 11.6 Å². The summed E-state index contributed by atoms with van der Waals surface area (Å²) in [5, 5.41) is 3.73. The first-order valence-electron chi connectivity index (χ1n) is 13.3. The fourth-order valence-electron chi connectivity index (χ4n) is 4.50. The van der Waals surface area contributed by atoms with Gasteiger partial charge in [-0.3, -0.25) is 4.79 Å². The molecule has 0 spiro atoms. The summed E-state index contributed by atoms with van der Waals surface area (Å²) in [6.07, 6.45) is 4.73. The number of aryl methyl sites for hydroxylation is 4. The zero-order valence-corrected chi connectivity index (χ0v) is 23.0. The van der Waals surface area contributed by atoms with Gasteiger partial charge in [-0.25, -0.2) is 4.98 Å². The molecule has 0 atom stereocenters. The third-order valence-electron chi connectivity index (χ3n) is 6.45. The van der Waals surface area contributed by atoms with Crippen LogP contribution < -0.4 is 14.8 Å². The molecule has 1 heterocycles. The molecule has 0 fully saturated rings. The average Bonchev–Trinajstić information content (AvgIpc) is 3.28. The third kappa shape index (κ3) is 7.75. The van der Waals surface area contributed by atoms with Gasteiger partial charge in [0.1, 0.15) is 17.3 Å². The van der Waals surface area contributed by atoms with Crippen LogP contribution in [-0.2, 0) is 17.8 Å². The standard InChI is InChI=1S/C31H36ClN3O3/c1-23-20-26(21-24(2)31(23)32)37-19-11-18-35-28-15-9-8-14-27(28)34-29(35)16-7-4-10-17-33-30(36)22-38-25-12-5-3-6-13-25/h3,5-6,8-9,12-15,20-21H,4,7,10-11,16-19,22H2,1-2H3,(H,33,36). The predicted molar refractivity (Wildman–Crippen MR) is 153 cm³/mol. The summed E-state index contributed by atoms with van der Waals surface area (Å²) >= 11 is 6.28. The lowest BCUT2D eigenvalue weighted by molar-refractivity contribution is -0.123. The highest BCUT2D eigenvalue weighted by atomic mass is 35.5. The van der Waals surface area contributed by atoms with Crippen molar-refractivity contribution in [2.45, 2.75) is 52.5 Å². The smallest absolute Gasteiger partial charge is 0.257 e. The maximum atomic E-state index is 12.0. The number of benzene rings is 3. The SMILES string of the molecule is Cc1cc(OCCCn2c(CCCCCNC(=O)COc3ccccc3)nc3ccccc32)cc(C)c1Cl. The number of carbonyl (C=O) groups excluding carboxylic acids is 1. The number of imidazole rings is 1. The summed E-state index contributed by atoms with van der Waals surface area (Å²) in [6.45, 7) is 6.16. The van der Waals surface area contributed by atoms with E-state index in [1.165, 1.54) is 0 Å². The van der Waals surface area contributed by atoms with Crippen molar-refractivity contribution in [3.63, 3.8) is 0 Å². The minimum Gasteiger partial charge on any atom is -0.494 e. The molecule has 1 N–H and O–H groups in total. The molecule has 0 aliphatic carbocycles. The second-order valence-corrected chi connectivity index (χ2v) is 9.88. The van der Waals surface area contributed by atoms with E-state index >= 15 is 0 Å². The van der Waals surface area contributed by atoms with Crippen molar-refractivity contribution in [1.82, 2.24) is 14.9 Å². The number of carbonyl (C=O) groups is 1. The third-order valence-corrected chi connectivity index (χ3v) is 7.05. The number of rotatable bonds is 14. The highest BCUT2D eigenvalue weighted by Gasteiger charge is 2.11. The van der Waals surface area contributed by atoms with E-state index in [2.05, 4.69) is 28.1 Å². The summed E-state index contributed by atoms with van der Waals surface area (Å²) in [5.41, 5.74) is 4.25. The molecule has 0 radical (unpaired) electrons. The number of ether oxygens (including phenoxy) is 2. The van der Waals surface area contributed by atoms with Crippen molar-refractivity contribution in [2.24, 2.45) is 0 Å². The highest BCUT2D eigenvalue weighted by Crippen LogP contribution is 2.26. The quantitative estimate of drug-likeness (QED) is 0.183. The first-order valence-corrected chi connectivity index (χ1v) is 13.7. The molecule has 3 aromatic carbocycles. The van der Waals surface area contributed by atoms with Gasteiger partial charge < -0.3 is 19.4 Å². The zero-order chi connectivity index (χ0) is 26.7. The van der Waals surface area contributed by atoms with Crippen molar-refractivity contribution in [3.05, 3.63) is 88.7 Å². The normalized spacial score (nSPS) is 11.0. The molecule has 4 rings (SSSR count). The van der Waals surface area contributed by atoms with E-state index < -0.39 is 0 Å². The Balaban J connectivity index is 1.21. The van der Waals surface area contributed by atoms with E-state index in [9.17, 15) is 4.79 Å². The van der Waals surface area contributed by atoms with Crippen LogP contribution in [0.2, 0.25) is 5.02 Å². The predicted octanol–water partition coefficient (Wildman–Crippen LogP) is 6.68. The molecular weight excluding hydrogens is 498 g/mol. The lowest BCUT2D eigenvalue weighted by Crippen LogP contribution is -2.29. The molecule has 6 nitrogen and oxygen atoms in total. The van der Waals surface area contributed by atoms with E-state index in [-0.39, 0.29) is 12.5 Å². The van der Waals surface area contributed by atoms with Gasteiger partial charge in [-0.15, -0.1) is 0 Å². The summed E-state index contributed by atoms with van der Waals surface area (Å²) in [5.74, 6) is 2.57. The van der Waals surface area contributed by atoms with Crippen molar-refractivity contribution in [2.75, 3.05) is 19.8 Å². The number of nitrogens with zero attached hydrogens (tertiary/aromatic N) is 2. The lowest BCUT2D eigenvalue weighted by Gasteiger charge is -2.12. The summed E-state index contributed by atoms with van der Waals surface area (Å²) in [6, 6.07) is 21.6. The lowest BCUT2D eigenvalue weighted by atomic mass is 10.1. The Morgan fingerprint density at radius 1 is 0.895 bits per heavy atom. The van der Waals surface area contributed by atoms with Gasteiger partial charge in [0.15, 0.2) is 6.61 Å². The minimum absolute atomic E-state index is 0.0367. The molecule has 7 heteroatoms. The number of amides is 1. The van der Waals surface area contributed by atoms with E-state index in [1.807, 2.05) is 62.4 Å². The summed E-state index contributed by atoms with van der Waals surface area (Å²) in [7, 11) is 0. The highest BCUT2D eigenvalue weighted by molar-refractivity contribution is 6.32. The van der Waals surface area contributed by atoms with Gasteiger partial charge in [0, 0.05) is 24.5 Å². The Morgan fingerprint density at radius 2 is 1.63 bits per heavy atom. The van der Waals surface area contributed by atoms with Crippen molar-refractivity contribution in [3.8, 4) is 11.5 Å². The van der Waals surface area contributed by atoms with Crippen LogP contribution in [0, 0.1) is 13.8 Å². The van der Waals surface area contributed by atoms with Crippen LogP contribution in [0.4, 0.5) is 0 Å². The number of hydrogen-bond acceptors (Lipinski definition) is 4. The summed E-state index contributed by atoms with van der Waals surface area (Å²) < 4.78 is 13.8. The maximum Gasteiger partial charge on any atom is 0.257 e. The molecule has 0 saturated carbocycles. The second kappa shape index (κ2) is 13.9. The molecule has 4 aromatic rings. The number of fused-ring (bicyclic) bond motifs is 1. The fraction of sp³-hybridized carbons (Fsp3) is 0.355. The molecule has 0 saturated heterocycles. The molecule has 200 valence electrons. The Kier molecular flexibility index (Phi) is 10.0. The molecule has 0 aliphatic rings. The number of para-hydroxylation sites is 3. The van der Waals surface area contributed by atoms with Crippen LogP contribution in [0.1, 0.15) is 42.6 Å². The van der Waals surface area contributed by atoms with E-state index in [0.29, 0.717) is 18.9 Å². The topological polar surface area (TPSA) is 65.4 Å². The molecule has 0 bridgehead atoms. The second-order valence-electron chi connectivity index (χ2n) is 9.50. The van der Waals surface area contributed by atoms with Gasteiger partial charge in [-0.05, 0) is 80.6 Å². The molecule has 1 aromatic heterocycles. The number of halogens is 1. The van der Waals surface area contributed by atoms with Crippen LogP contribution in [0.25, 0.3) is 11.0 Å². The van der Waals surface area contributed by atoms with Crippen molar-refractivity contribution in [1.29, 1.82) is 0 Å². The first-order chi connectivity index (χ1) is 18.5. The summed E-state index contributed by atoms with van der Waals surface area (Å²) in [4.78, 5) is 16.9. The monoisotopic (exact) mass is 533 g/mol. The van der Waals surface area contributed by atoms with Crippen LogP contribution in [-0.4, -0.2) is 35.2 Å². The fourth-order valence-corrected chi connectivity index (χ4v) is 4.61. The van der Waals surface area contributed by atoms with Gasteiger partial charge >= 0.3 is 0 Å². The first kappa shape index (κ1) is 27.5. The van der Waals surface area contributed by atoms with Crippen molar-refractivity contribution >= 4 is 28.5 Å². The minimum atomic E-state index is -0.0956. The van der Waals surface area contributed by atoms with E-state index in [1.54, 1.807) is 0 Å². The maximum absolute atomic E-state index is 12.0. The Hall–Kier alpha value is -3.51. The van der Waals surface area contributed by atoms with Gasteiger partial charge in [-0.2, -0.15) is 0 Å². The van der Waals surface area contributed by atoms with Gasteiger partial charge in [-0.1, -0.05) is 48.4 Å². The Bertz CT molecular complexity index is 1310. The Morgan fingerprint density at radius 3 is 2.42 bits per heavy atom. The molecule has 1 amide bonds. The number of aromatic nitrogens is 2. The number of nitrogens with one attached hydrogen (secondary N) is 1. The molecular formula is C31H36ClN3O3. The van der Waals surface area contributed by atoms with Crippen LogP contribution in [0.3, 0.4) is 0 Å². The van der Waals surface area contributed by atoms with Crippen LogP contribution in [0.5, 0.6) is 11.5 Å². The largest absolute Gasteiger partial charge is 0.494 e. The van der Waals surface area contributed by atoms with E-state index in [4.69, 9.17) is 26.1 Å². The average molecular weight is 534 g/mol.